The molecule has 27 heavy (non-hydrogen) atoms. The minimum absolute atomic E-state index is 0.0785. The molecule has 2 aromatic heterocycles. The molecule has 4 aromatic rings. The Kier molecular flexibility index (Phi) is 4.73. The minimum atomic E-state index is -0.0785. The number of hydrogen-bond donors (Lipinski definition) is 1. The molecule has 0 aliphatic rings. The van der Waals surface area contributed by atoms with Crippen LogP contribution in [0.5, 0.6) is 0 Å². The number of aromatic nitrogens is 3. The quantitative estimate of drug-likeness (QED) is 0.552. The van der Waals surface area contributed by atoms with Crippen LogP contribution in [-0.2, 0) is 11.2 Å². The third kappa shape index (κ3) is 3.75. The van der Waals surface area contributed by atoms with E-state index in [1.807, 2.05) is 35.7 Å². The van der Waals surface area contributed by atoms with Crippen molar-refractivity contribution < 1.29 is 4.79 Å². The Hall–Kier alpha value is -2.99. The second kappa shape index (κ2) is 7.32. The summed E-state index contributed by atoms with van der Waals surface area (Å²) in [5, 5.41) is 9.36. The van der Waals surface area contributed by atoms with E-state index in [0.29, 0.717) is 18.8 Å². The molecule has 0 radical (unpaired) electrons. The second-order valence-electron chi connectivity index (χ2n) is 6.60. The first-order valence-electron chi connectivity index (χ1n) is 8.86. The summed E-state index contributed by atoms with van der Waals surface area (Å²) >= 11 is 1.52. The minimum Gasteiger partial charge on any atom is -0.293 e. The van der Waals surface area contributed by atoms with Gasteiger partial charge in [0.25, 0.3) is 0 Å². The van der Waals surface area contributed by atoms with Crippen molar-refractivity contribution >= 4 is 28.2 Å². The number of carbonyl (C=O) groups excluding carboxylic acids is 1. The molecule has 2 heterocycles. The zero-order chi connectivity index (χ0) is 18.8. The maximum Gasteiger partial charge on any atom is 0.250 e. The standard InChI is InChI=1S/C21H20N4OS/c1-14-8-10-17(15(2)12-14)18-13-27-21-23-20(24-25(18)21)22-19(26)11-9-16-6-4-3-5-7-16/h3-8,10,12-13H,9,11H2,1-2H3,(H,22,24,26). The van der Waals surface area contributed by atoms with Crippen molar-refractivity contribution in [3.05, 3.63) is 70.6 Å². The maximum absolute atomic E-state index is 12.2. The first-order chi connectivity index (χ1) is 13.1. The second-order valence-corrected chi connectivity index (χ2v) is 7.44. The number of hydrogen-bond acceptors (Lipinski definition) is 4. The molecular weight excluding hydrogens is 356 g/mol. The predicted octanol–water partition coefficient (Wildman–Crippen LogP) is 4.65. The molecule has 0 spiro atoms. The highest BCUT2D eigenvalue weighted by atomic mass is 32.1. The largest absolute Gasteiger partial charge is 0.293 e. The Bertz CT molecular complexity index is 1100. The van der Waals surface area contributed by atoms with E-state index in [1.165, 1.54) is 22.5 Å². The first-order valence-corrected chi connectivity index (χ1v) is 9.74. The van der Waals surface area contributed by atoms with Crippen LogP contribution in [-0.4, -0.2) is 20.5 Å². The van der Waals surface area contributed by atoms with Gasteiger partial charge in [0.2, 0.25) is 16.8 Å². The van der Waals surface area contributed by atoms with E-state index in [-0.39, 0.29) is 5.91 Å². The topological polar surface area (TPSA) is 59.3 Å². The van der Waals surface area contributed by atoms with Crippen molar-refractivity contribution in [1.29, 1.82) is 0 Å². The van der Waals surface area contributed by atoms with Crippen molar-refractivity contribution in [2.45, 2.75) is 26.7 Å². The average Bonchev–Trinajstić information content (AvgIpc) is 3.21. The van der Waals surface area contributed by atoms with Gasteiger partial charge in [-0.3, -0.25) is 10.1 Å². The number of carbonyl (C=O) groups is 1. The lowest BCUT2D eigenvalue weighted by Crippen LogP contribution is -2.13. The molecule has 0 fully saturated rings. The van der Waals surface area contributed by atoms with E-state index in [2.05, 4.69) is 47.4 Å². The Labute approximate surface area is 161 Å². The summed E-state index contributed by atoms with van der Waals surface area (Å²) in [6.07, 6.45) is 1.10. The molecule has 136 valence electrons. The lowest BCUT2D eigenvalue weighted by Gasteiger charge is -2.05. The molecule has 0 aliphatic carbocycles. The van der Waals surface area contributed by atoms with Gasteiger partial charge in [-0.2, -0.15) is 4.98 Å². The molecule has 0 unspecified atom stereocenters. The van der Waals surface area contributed by atoms with Crippen LogP contribution in [0, 0.1) is 13.8 Å². The van der Waals surface area contributed by atoms with Crippen molar-refractivity contribution in [3.63, 3.8) is 0 Å². The van der Waals surface area contributed by atoms with Crippen LogP contribution < -0.4 is 5.32 Å². The van der Waals surface area contributed by atoms with Gasteiger partial charge < -0.3 is 0 Å². The van der Waals surface area contributed by atoms with Crippen LogP contribution in [0.15, 0.2) is 53.9 Å². The summed E-state index contributed by atoms with van der Waals surface area (Å²) < 4.78 is 1.80. The Morgan fingerprint density at radius 3 is 2.74 bits per heavy atom. The van der Waals surface area contributed by atoms with Gasteiger partial charge >= 0.3 is 0 Å². The van der Waals surface area contributed by atoms with Crippen molar-refractivity contribution in [2.24, 2.45) is 0 Å². The molecule has 2 aromatic carbocycles. The van der Waals surface area contributed by atoms with Gasteiger partial charge in [0.05, 0.1) is 5.69 Å². The molecule has 0 bridgehead atoms. The van der Waals surface area contributed by atoms with Crippen LogP contribution in [0.2, 0.25) is 0 Å². The van der Waals surface area contributed by atoms with Gasteiger partial charge in [-0.1, -0.05) is 54.1 Å². The van der Waals surface area contributed by atoms with Crippen molar-refractivity contribution in [1.82, 2.24) is 14.6 Å². The van der Waals surface area contributed by atoms with Crippen molar-refractivity contribution in [3.8, 4) is 11.3 Å². The van der Waals surface area contributed by atoms with E-state index < -0.39 is 0 Å². The fraction of sp³-hybridized carbons (Fsp3) is 0.190. The van der Waals surface area contributed by atoms with E-state index in [1.54, 1.807) is 4.52 Å². The number of benzene rings is 2. The summed E-state index contributed by atoms with van der Waals surface area (Å²) in [6, 6.07) is 16.3. The Morgan fingerprint density at radius 2 is 1.96 bits per heavy atom. The number of fused-ring (bicyclic) bond motifs is 1. The third-order valence-corrected chi connectivity index (χ3v) is 5.29. The van der Waals surface area contributed by atoms with Crippen molar-refractivity contribution in [2.75, 3.05) is 5.32 Å². The highest BCUT2D eigenvalue weighted by Gasteiger charge is 2.14. The average molecular weight is 376 g/mol. The van der Waals surface area contributed by atoms with E-state index >= 15 is 0 Å². The molecule has 0 saturated carbocycles. The van der Waals surface area contributed by atoms with Gasteiger partial charge in [-0.25, -0.2) is 4.52 Å². The molecule has 5 nitrogen and oxygen atoms in total. The molecule has 1 amide bonds. The van der Waals surface area contributed by atoms with Crippen LogP contribution in [0.25, 0.3) is 16.2 Å². The van der Waals surface area contributed by atoms with Gasteiger partial charge in [0.15, 0.2) is 0 Å². The van der Waals surface area contributed by atoms with Crippen LogP contribution in [0.3, 0.4) is 0 Å². The summed E-state index contributed by atoms with van der Waals surface area (Å²) in [7, 11) is 0. The zero-order valence-electron chi connectivity index (χ0n) is 15.3. The molecule has 6 heteroatoms. The molecule has 0 atom stereocenters. The van der Waals surface area contributed by atoms with E-state index in [9.17, 15) is 4.79 Å². The third-order valence-electron chi connectivity index (χ3n) is 4.47. The van der Waals surface area contributed by atoms with Gasteiger partial charge in [0.1, 0.15) is 0 Å². The van der Waals surface area contributed by atoms with E-state index in [0.717, 1.165) is 21.8 Å². The van der Waals surface area contributed by atoms with Crippen LogP contribution in [0.4, 0.5) is 5.95 Å². The molecule has 0 saturated heterocycles. The number of rotatable bonds is 5. The number of thiazole rings is 1. The zero-order valence-corrected chi connectivity index (χ0v) is 16.1. The lowest BCUT2D eigenvalue weighted by atomic mass is 10.0. The lowest BCUT2D eigenvalue weighted by molar-refractivity contribution is -0.116. The SMILES string of the molecule is Cc1ccc(-c2csc3nc(NC(=O)CCc4ccccc4)nn23)c(C)c1. The van der Waals surface area contributed by atoms with Gasteiger partial charge in [0, 0.05) is 17.4 Å². The molecule has 4 rings (SSSR count). The summed E-state index contributed by atoms with van der Waals surface area (Å²) in [4.78, 5) is 17.4. The number of nitrogens with one attached hydrogen (secondary N) is 1. The fourth-order valence-corrected chi connectivity index (χ4v) is 3.93. The fourth-order valence-electron chi connectivity index (χ4n) is 3.11. The monoisotopic (exact) mass is 376 g/mol. The van der Waals surface area contributed by atoms with E-state index in [4.69, 9.17) is 0 Å². The van der Waals surface area contributed by atoms with Crippen LogP contribution >= 0.6 is 11.3 Å². The smallest absolute Gasteiger partial charge is 0.250 e. The van der Waals surface area contributed by atoms with Gasteiger partial charge in [-0.05, 0) is 31.4 Å². The summed E-state index contributed by atoms with van der Waals surface area (Å²) in [5.74, 6) is 0.274. The number of amides is 1. The van der Waals surface area contributed by atoms with Crippen LogP contribution in [0.1, 0.15) is 23.1 Å². The summed E-state index contributed by atoms with van der Waals surface area (Å²) in [5.41, 5.74) is 5.68. The molecule has 0 aliphatic heterocycles. The highest BCUT2D eigenvalue weighted by molar-refractivity contribution is 7.15. The number of anilines is 1. The number of aryl methyl sites for hydroxylation is 3. The van der Waals surface area contributed by atoms with Gasteiger partial charge in [-0.15, -0.1) is 16.4 Å². The predicted molar refractivity (Wildman–Crippen MR) is 109 cm³/mol. The summed E-state index contributed by atoms with van der Waals surface area (Å²) in [6.45, 7) is 4.17. The molecular formula is C21H20N4OS. The highest BCUT2D eigenvalue weighted by Crippen LogP contribution is 2.28. The molecule has 1 N–H and O–H groups in total. The maximum atomic E-state index is 12.2. The first kappa shape index (κ1) is 17.4. The number of nitrogens with zero attached hydrogens (tertiary/aromatic N) is 3. The normalized spacial score (nSPS) is 11.0. The Morgan fingerprint density at radius 1 is 1.15 bits per heavy atom. The Balaban J connectivity index is 1.51.